The average molecular weight is 455 g/mol. The van der Waals surface area contributed by atoms with Crippen molar-refractivity contribution >= 4 is 47.0 Å². The summed E-state index contributed by atoms with van der Waals surface area (Å²) in [6.07, 6.45) is 5.08. The SMILES string of the molecule is Cl.Clc1cccc(N2CCN(CCCCCN3CCc4ccccc43)CC2)c1Cl. The molecule has 3 nitrogen and oxygen atoms in total. The Bertz CT molecular complexity index is 791. The van der Waals surface area contributed by atoms with Gasteiger partial charge in [-0.05, 0) is 49.6 Å². The minimum atomic E-state index is 0. The van der Waals surface area contributed by atoms with Gasteiger partial charge in [-0.3, -0.25) is 4.90 Å². The maximum atomic E-state index is 6.38. The first-order valence-corrected chi connectivity index (χ1v) is 11.2. The van der Waals surface area contributed by atoms with Gasteiger partial charge >= 0.3 is 0 Å². The molecular formula is C23H30Cl3N3. The lowest BCUT2D eigenvalue weighted by atomic mass is 10.1. The Hall–Kier alpha value is -1.13. The first kappa shape index (κ1) is 22.6. The van der Waals surface area contributed by atoms with E-state index >= 15 is 0 Å². The molecule has 4 rings (SSSR count). The number of halogens is 3. The number of rotatable bonds is 7. The molecule has 2 aromatic rings. The first-order chi connectivity index (χ1) is 13.7. The highest BCUT2D eigenvalue weighted by atomic mass is 35.5. The highest BCUT2D eigenvalue weighted by Gasteiger charge is 2.20. The first-order valence-electron chi connectivity index (χ1n) is 10.5. The van der Waals surface area contributed by atoms with Crippen LogP contribution >= 0.6 is 35.6 Å². The molecule has 1 fully saturated rings. The lowest BCUT2D eigenvalue weighted by molar-refractivity contribution is 0.252. The second-order valence-corrected chi connectivity index (χ2v) is 8.61. The van der Waals surface area contributed by atoms with Crippen molar-refractivity contribution in [1.82, 2.24) is 4.90 Å². The molecule has 1 saturated heterocycles. The molecule has 2 aliphatic rings. The van der Waals surface area contributed by atoms with E-state index in [1.165, 1.54) is 56.6 Å². The standard InChI is InChI=1S/C23H29Cl2N3.ClH/c24-20-8-6-10-22(23(20)25)28-17-15-26(16-18-28)12-4-1-5-13-27-14-11-19-7-2-3-9-21(19)27;/h2-3,6-10H,1,4-5,11-18H2;1H. The number of piperazine rings is 1. The van der Waals surface area contributed by atoms with E-state index in [-0.39, 0.29) is 12.4 Å². The van der Waals surface area contributed by atoms with Crippen LogP contribution in [0.25, 0.3) is 0 Å². The van der Waals surface area contributed by atoms with Crippen molar-refractivity contribution in [2.75, 3.05) is 55.6 Å². The maximum Gasteiger partial charge on any atom is 0.0825 e. The molecule has 0 bridgehead atoms. The zero-order chi connectivity index (χ0) is 19.3. The van der Waals surface area contributed by atoms with Crippen LogP contribution in [0, 0.1) is 0 Å². The Labute approximate surface area is 191 Å². The van der Waals surface area contributed by atoms with Crippen molar-refractivity contribution in [3.05, 3.63) is 58.1 Å². The molecule has 0 aliphatic carbocycles. The summed E-state index contributed by atoms with van der Waals surface area (Å²) < 4.78 is 0. The second-order valence-electron chi connectivity index (χ2n) is 7.83. The van der Waals surface area contributed by atoms with Crippen LogP contribution in [-0.2, 0) is 6.42 Å². The van der Waals surface area contributed by atoms with Crippen molar-refractivity contribution in [2.24, 2.45) is 0 Å². The summed E-state index contributed by atoms with van der Waals surface area (Å²) in [5.41, 5.74) is 4.04. The number of unbranched alkanes of at least 4 members (excludes halogenated alkanes) is 2. The van der Waals surface area contributed by atoms with Crippen molar-refractivity contribution < 1.29 is 0 Å². The van der Waals surface area contributed by atoms with Crippen molar-refractivity contribution in [3.63, 3.8) is 0 Å². The topological polar surface area (TPSA) is 9.72 Å². The third-order valence-electron chi connectivity index (χ3n) is 6.03. The molecular weight excluding hydrogens is 425 g/mol. The number of fused-ring (bicyclic) bond motifs is 1. The lowest BCUT2D eigenvalue weighted by Crippen LogP contribution is -2.46. The van der Waals surface area contributed by atoms with E-state index in [2.05, 4.69) is 45.0 Å². The van der Waals surface area contributed by atoms with Gasteiger partial charge in [-0.25, -0.2) is 0 Å². The summed E-state index contributed by atoms with van der Waals surface area (Å²) >= 11 is 12.5. The molecule has 2 aromatic carbocycles. The number of benzene rings is 2. The Balaban J connectivity index is 0.00000240. The van der Waals surface area contributed by atoms with Crippen LogP contribution in [0.5, 0.6) is 0 Å². The second kappa shape index (κ2) is 10.8. The summed E-state index contributed by atoms with van der Waals surface area (Å²) in [6.45, 7) is 7.82. The Morgan fingerprint density at radius 1 is 0.724 bits per heavy atom. The smallest absolute Gasteiger partial charge is 0.0825 e. The molecule has 2 heterocycles. The van der Waals surface area contributed by atoms with Crippen molar-refractivity contribution in [3.8, 4) is 0 Å². The monoisotopic (exact) mass is 453 g/mol. The highest BCUT2D eigenvalue weighted by molar-refractivity contribution is 6.43. The number of hydrogen-bond donors (Lipinski definition) is 0. The van der Waals surface area contributed by atoms with Gasteiger partial charge in [-0.15, -0.1) is 12.4 Å². The number of hydrogen-bond acceptors (Lipinski definition) is 3. The fraction of sp³-hybridized carbons (Fsp3) is 0.478. The fourth-order valence-electron chi connectivity index (χ4n) is 4.40. The Morgan fingerprint density at radius 2 is 1.45 bits per heavy atom. The van der Waals surface area contributed by atoms with Gasteiger partial charge in [-0.1, -0.05) is 53.9 Å². The van der Waals surface area contributed by atoms with Crippen LogP contribution in [0.2, 0.25) is 10.0 Å². The minimum Gasteiger partial charge on any atom is -0.371 e. The molecule has 0 amide bonds. The molecule has 0 unspecified atom stereocenters. The average Bonchev–Trinajstić information content (AvgIpc) is 3.14. The quantitative estimate of drug-likeness (QED) is 0.492. The van der Waals surface area contributed by atoms with Crippen LogP contribution in [0.3, 0.4) is 0 Å². The fourth-order valence-corrected chi connectivity index (χ4v) is 4.82. The number of anilines is 2. The summed E-state index contributed by atoms with van der Waals surface area (Å²) in [4.78, 5) is 7.50. The summed E-state index contributed by atoms with van der Waals surface area (Å²) in [6, 6.07) is 14.8. The molecule has 0 atom stereocenters. The zero-order valence-corrected chi connectivity index (χ0v) is 19.2. The zero-order valence-electron chi connectivity index (χ0n) is 16.8. The molecule has 0 aromatic heterocycles. The molecule has 2 aliphatic heterocycles. The summed E-state index contributed by atoms with van der Waals surface area (Å²) in [5.74, 6) is 0. The molecule has 158 valence electrons. The van der Waals surface area contributed by atoms with E-state index in [9.17, 15) is 0 Å². The summed E-state index contributed by atoms with van der Waals surface area (Å²) in [7, 11) is 0. The van der Waals surface area contributed by atoms with Gasteiger partial charge in [0.2, 0.25) is 0 Å². The van der Waals surface area contributed by atoms with Gasteiger partial charge < -0.3 is 9.80 Å². The third-order valence-corrected chi connectivity index (χ3v) is 6.84. The predicted molar refractivity (Wildman–Crippen MR) is 129 cm³/mol. The maximum absolute atomic E-state index is 6.38. The molecule has 29 heavy (non-hydrogen) atoms. The van der Waals surface area contributed by atoms with Gasteiger partial charge in [0.1, 0.15) is 0 Å². The molecule has 0 spiro atoms. The van der Waals surface area contributed by atoms with E-state index in [4.69, 9.17) is 23.2 Å². The van der Waals surface area contributed by atoms with Crippen LogP contribution in [0.15, 0.2) is 42.5 Å². The van der Waals surface area contributed by atoms with E-state index in [0.29, 0.717) is 10.0 Å². The van der Waals surface area contributed by atoms with E-state index in [1.807, 2.05) is 12.1 Å². The van der Waals surface area contributed by atoms with Gasteiger partial charge in [0, 0.05) is 45.0 Å². The van der Waals surface area contributed by atoms with Gasteiger partial charge in [0.05, 0.1) is 15.7 Å². The van der Waals surface area contributed by atoms with Crippen molar-refractivity contribution in [2.45, 2.75) is 25.7 Å². The molecule has 6 heteroatoms. The van der Waals surface area contributed by atoms with Gasteiger partial charge in [0.25, 0.3) is 0 Å². The number of para-hydroxylation sites is 1. The largest absolute Gasteiger partial charge is 0.371 e. The normalized spacial score (nSPS) is 16.6. The van der Waals surface area contributed by atoms with Crippen molar-refractivity contribution in [1.29, 1.82) is 0 Å². The molecule has 0 N–H and O–H groups in total. The van der Waals surface area contributed by atoms with Gasteiger partial charge in [0.15, 0.2) is 0 Å². The molecule has 0 saturated carbocycles. The number of nitrogens with zero attached hydrogens (tertiary/aromatic N) is 3. The van der Waals surface area contributed by atoms with Crippen LogP contribution in [0.4, 0.5) is 11.4 Å². The van der Waals surface area contributed by atoms with E-state index < -0.39 is 0 Å². The summed E-state index contributed by atoms with van der Waals surface area (Å²) in [5, 5.41) is 1.32. The highest BCUT2D eigenvalue weighted by Crippen LogP contribution is 2.33. The van der Waals surface area contributed by atoms with Crippen LogP contribution < -0.4 is 9.80 Å². The Kier molecular flexibility index (Phi) is 8.37. The predicted octanol–water partition coefficient (Wildman–Crippen LogP) is 5.77. The van der Waals surface area contributed by atoms with E-state index in [0.717, 1.165) is 31.9 Å². The van der Waals surface area contributed by atoms with Gasteiger partial charge in [-0.2, -0.15) is 0 Å². The minimum absolute atomic E-state index is 0. The van der Waals surface area contributed by atoms with Crippen LogP contribution in [0.1, 0.15) is 24.8 Å². The lowest BCUT2D eigenvalue weighted by Gasteiger charge is -2.36. The third kappa shape index (κ3) is 5.52. The van der Waals surface area contributed by atoms with Crippen LogP contribution in [-0.4, -0.2) is 50.7 Å². The Morgan fingerprint density at radius 3 is 2.28 bits per heavy atom. The molecule has 0 radical (unpaired) electrons. The van der Waals surface area contributed by atoms with E-state index in [1.54, 1.807) is 0 Å².